The number of hydrogen-bond donors (Lipinski definition) is 3. The van der Waals surface area contributed by atoms with Crippen molar-refractivity contribution in [1.29, 1.82) is 0 Å². The van der Waals surface area contributed by atoms with Crippen LogP contribution in [0.4, 0.5) is 0 Å². The molecule has 3 fully saturated rings. The number of nitrogens with zero attached hydrogens (tertiary/aromatic N) is 3. The van der Waals surface area contributed by atoms with E-state index in [4.69, 9.17) is 4.84 Å². The van der Waals surface area contributed by atoms with E-state index < -0.39 is 68.5 Å². The number of nitrogens with one attached hydrogen (secondary N) is 3. The number of benzene rings is 2. The standard InChI is InChI=1S/C40H42N6O7S/c47-36(25-18-20-41-21-19-25)42-33-15-5-3-1-2-4-10-26-23-40(26,39(50)45-54(51,52)28-16-17-28)43-37(48)34-22-27(24-46(34)38(33)49)53-44-35-31-13-8-6-11-29(31)30-12-7-9-14-32(30)35/h4,6-14,18-21,26-28,33-34H,1-3,5,15-17,22-24H2,(H,42,47)(H,43,48)(H,45,50)/b10-4-/t26?,27-,33+,34+,40?/m1/s1. The third-order valence-corrected chi connectivity index (χ3v) is 12.9. The topological polar surface area (TPSA) is 176 Å². The van der Waals surface area contributed by atoms with Crippen LogP contribution >= 0.6 is 0 Å². The summed E-state index contributed by atoms with van der Waals surface area (Å²) in [7, 11) is -3.88. The third-order valence-electron chi connectivity index (χ3n) is 11.0. The first-order valence-electron chi connectivity index (χ1n) is 18.6. The maximum atomic E-state index is 14.5. The Morgan fingerprint density at radius 3 is 2.28 bits per heavy atom. The summed E-state index contributed by atoms with van der Waals surface area (Å²) < 4.78 is 27.9. The Hall–Kier alpha value is -5.37. The molecule has 2 aromatic carbocycles. The Balaban J connectivity index is 1.10. The summed E-state index contributed by atoms with van der Waals surface area (Å²) in [5.74, 6) is -2.70. The predicted molar refractivity (Wildman–Crippen MR) is 199 cm³/mol. The van der Waals surface area contributed by atoms with Gasteiger partial charge in [-0.2, -0.15) is 0 Å². The number of carbonyl (C=O) groups excluding carboxylic acids is 4. The Morgan fingerprint density at radius 2 is 1.59 bits per heavy atom. The summed E-state index contributed by atoms with van der Waals surface area (Å²) in [6.07, 6.45) is 10.6. The number of amides is 4. The van der Waals surface area contributed by atoms with Gasteiger partial charge in [-0.3, -0.25) is 28.9 Å². The fourth-order valence-corrected chi connectivity index (χ4v) is 9.17. The first-order valence-corrected chi connectivity index (χ1v) is 20.2. The van der Waals surface area contributed by atoms with Crippen molar-refractivity contribution in [3.8, 4) is 11.1 Å². The lowest BCUT2D eigenvalue weighted by Crippen LogP contribution is -2.58. The lowest BCUT2D eigenvalue weighted by molar-refractivity contribution is -0.141. The molecule has 13 nitrogen and oxygen atoms in total. The number of fused-ring (bicyclic) bond motifs is 5. The molecule has 1 aromatic heterocycles. The molecule has 5 atom stereocenters. The first kappa shape index (κ1) is 35.6. The summed E-state index contributed by atoms with van der Waals surface area (Å²) >= 11 is 0. The average molecular weight is 751 g/mol. The quantitative estimate of drug-likeness (QED) is 0.190. The molecule has 280 valence electrons. The number of rotatable bonds is 7. The van der Waals surface area contributed by atoms with Crippen molar-refractivity contribution in [3.63, 3.8) is 0 Å². The van der Waals surface area contributed by atoms with Crippen molar-refractivity contribution in [2.75, 3.05) is 6.54 Å². The predicted octanol–water partition coefficient (Wildman–Crippen LogP) is 3.60. The van der Waals surface area contributed by atoms with Gasteiger partial charge in [0.15, 0.2) is 0 Å². The van der Waals surface area contributed by atoms with Gasteiger partial charge in [0.1, 0.15) is 29.4 Å². The van der Waals surface area contributed by atoms with Gasteiger partial charge < -0.3 is 20.4 Å². The molecule has 3 heterocycles. The molecule has 4 amide bonds. The highest BCUT2D eigenvalue weighted by Gasteiger charge is 2.62. The Bertz CT molecular complexity index is 2110. The molecule has 3 aromatic rings. The smallest absolute Gasteiger partial charge is 0.259 e. The van der Waals surface area contributed by atoms with E-state index in [2.05, 4.69) is 25.5 Å². The van der Waals surface area contributed by atoms with Crippen LogP contribution in [0, 0.1) is 5.92 Å². The van der Waals surface area contributed by atoms with Crippen molar-refractivity contribution in [2.45, 2.75) is 86.8 Å². The Kier molecular flexibility index (Phi) is 9.55. The lowest BCUT2D eigenvalue weighted by Gasteiger charge is -2.30. The molecule has 3 aliphatic carbocycles. The summed E-state index contributed by atoms with van der Waals surface area (Å²) in [5, 5.41) is 9.78. The van der Waals surface area contributed by atoms with Crippen molar-refractivity contribution < 1.29 is 32.4 Å². The molecule has 54 heavy (non-hydrogen) atoms. The van der Waals surface area contributed by atoms with Crippen LogP contribution in [0.25, 0.3) is 11.1 Å². The van der Waals surface area contributed by atoms with Crippen LogP contribution < -0.4 is 15.4 Å². The van der Waals surface area contributed by atoms with Gasteiger partial charge in [0.25, 0.3) is 11.8 Å². The number of carbonyl (C=O) groups is 4. The molecule has 14 heteroatoms. The number of hydrogen-bond acceptors (Lipinski definition) is 9. The molecule has 0 bridgehead atoms. The highest BCUT2D eigenvalue weighted by Crippen LogP contribution is 2.46. The van der Waals surface area contributed by atoms with Crippen LogP contribution in [0.3, 0.4) is 0 Å². The molecule has 8 rings (SSSR count). The van der Waals surface area contributed by atoms with Gasteiger partial charge >= 0.3 is 0 Å². The fraction of sp³-hybridized carbons (Fsp3) is 0.400. The van der Waals surface area contributed by atoms with Gasteiger partial charge in [-0.15, -0.1) is 0 Å². The summed E-state index contributed by atoms with van der Waals surface area (Å²) in [5.41, 5.74) is 3.36. The molecule has 1 saturated heterocycles. The second-order valence-corrected chi connectivity index (χ2v) is 16.7. The van der Waals surface area contributed by atoms with E-state index in [0.29, 0.717) is 43.4 Å². The van der Waals surface area contributed by atoms with Gasteiger partial charge in [0.05, 0.1) is 11.8 Å². The molecular formula is C40H42N6O7S. The summed E-state index contributed by atoms with van der Waals surface area (Å²) in [4.78, 5) is 67.6. The average Bonchev–Trinajstić information content (AvgIpc) is 4.09. The van der Waals surface area contributed by atoms with Crippen LogP contribution in [0.1, 0.15) is 79.3 Å². The fourth-order valence-electron chi connectivity index (χ4n) is 7.80. The van der Waals surface area contributed by atoms with Gasteiger partial charge in [-0.1, -0.05) is 78.7 Å². The van der Waals surface area contributed by atoms with Crippen molar-refractivity contribution in [2.24, 2.45) is 11.1 Å². The highest BCUT2D eigenvalue weighted by atomic mass is 32.2. The number of sulfonamides is 1. The number of aromatic nitrogens is 1. The second kappa shape index (κ2) is 14.5. The third kappa shape index (κ3) is 7.02. The van der Waals surface area contributed by atoms with E-state index in [0.717, 1.165) is 35.1 Å². The molecule has 2 aliphatic heterocycles. The van der Waals surface area contributed by atoms with Crippen molar-refractivity contribution >= 4 is 39.4 Å². The van der Waals surface area contributed by atoms with Gasteiger partial charge in [0, 0.05) is 41.4 Å². The van der Waals surface area contributed by atoms with Crippen LogP contribution in [-0.2, 0) is 29.2 Å². The van der Waals surface area contributed by atoms with Crippen LogP contribution in [0.5, 0.6) is 0 Å². The zero-order valence-corrected chi connectivity index (χ0v) is 30.5. The molecular weight excluding hydrogens is 709 g/mol. The molecule has 0 spiro atoms. The largest absolute Gasteiger partial charge is 0.390 e. The zero-order chi connectivity index (χ0) is 37.5. The minimum atomic E-state index is -3.88. The first-order chi connectivity index (χ1) is 26.1. The molecule has 2 saturated carbocycles. The van der Waals surface area contributed by atoms with E-state index in [1.807, 2.05) is 60.7 Å². The highest BCUT2D eigenvalue weighted by molar-refractivity contribution is 7.91. The van der Waals surface area contributed by atoms with Gasteiger partial charge in [0.2, 0.25) is 21.8 Å². The van der Waals surface area contributed by atoms with Crippen LogP contribution in [-0.4, -0.2) is 83.2 Å². The van der Waals surface area contributed by atoms with E-state index in [1.54, 1.807) is 12.1 Å². The van der Waals surface area contributed by atoms with E-state index in [9.17, 15) is 27.6 Å². The maximum absolute atomic E-state index is 14.5. The van der Waals surface area contributed by atoms with Gasteiger partial charge in [-0.05, 0) is 61.8 Å². The van der Waals surface area contributed by atoms with E-state index in [-0.39, 0.29) is 19.4 Å². The SMILES string of the molecule is O=C(N[C@H]1CCCCC/C=C\C2CC2(C(=O)NS(=O)(=O)C2CC2)NC(=O)[C@@H]2C[C@@H](ON=C3c4ccccc4-c4ccccc43)CN2C1=O)c1ccncc1. The normalized spacial score (nSPS) is 27.1. The molecule has 3 N–H and O–H groups in total. The molecule has 0 radical (unpaired) electrons. The minimum Gasteiger partial charge on any atom is -0.390 e. The number of pyridine rings is 1. The lowest BCUT2D eigenvalue weighted by atomic mass is 10.0. The zero-order valence-electron chi connectivity index (χ0n) is 29.6. The van der Waals surface area contributed by atoms with Gasteiger partial charge in [-0.25, -0.2) is 8.42 Å². The monoisotopic (exact) mass is 750 g/mol. The molecule has 5 aliphatic rings. The Morgan fingerprint density at radius 1 is 0.907 bits per heavy atom. The van der Waals surface area contributed by atoms with Crippen molar-refractivity contribution in [1.82, 2.24) is 25.2 Å². The number of oxime groups is 1. The number of allylic oxidation sites excluding steroid dienone is 1. The Labute approximate surface area is 313 Å². The maximum Gasteiger partial charge on any atom is 0.259 e. The molecule has 2 unspecified atom stereocenters. The van der Waals surface area contributed by atoms with E-state index >= 15 is 0 Å². The second-order valence-electron chi connectivity index (χ2n) is 14.8. The van der Waals surface area contributed by atoms with E-state index in [1.165, 1.54) is 17.3 Å². The minimum absolute atomic E-state index is 0.00277. The van der Waals surface area contributed by atoms with Crippen LogP contribution in [0.2, 0.25) is 0 Å². The summed E-state index contributed by atoms with van der Waals surface area (Å²) in [6.45, 7) is -0.00277. The summed E-state index contributed by atoms with van der Waals surface area (Å²) in [6, 6.07) is 16.9. The van der Waals surface area contributed by atoms with Crippen LogP contribution in [0.15, 0.2) is 90.4 Å². The van der Waals surface area contributed by atoms with Crippen molar-refractivity contribution in [3.05, 3.63) is 102 Å².